The number of nitrogens with one attached hydrogen (secondary N) is 1. The van der Waals surface area contributed by atoms with E-state index in [1.165, 1.54) is 6.42 Å². The van der Waals surface area contributed by atoms with Crippen molar-refractivity contribution >= 4 is 23.2 Å². The summed E-state index contributed by atoms with van der Waals surface area (Å²) in [6, 6.07) is 14.0. The molecule has 0 bridgehead atoms. The summed E-state index contributed by atoms with van der Waals surface area (Å²) in [5.41, 5.74) is 0. The number of furan rings is 1. The normalized spacial score (nSPS) is 18.6. The van der Waals surface area contributed by atoms with Crippen LogP contribution in [0.1, 0.15) is 54.5 Å². The highest BCUT2D eigenvalue weighted by atomic mass is 32.1. The smallest absolute Gasteiger partial charge is 0.268 e. The summed E-state index contributed by atoms with van der Waals surface area (Å²) in [5.74, 6) is 1.71. The van der Waals surface area contributed by atoms with E-state index in [0.717, 1.165) is 30.6 Å². The molecule has 1 aliphatic heterocycles. The van der Waals surface area contributed by atoms with Crippen LogP contribution < -0.4 is 14.8 Å². The molecule has 35 heavy (non-hydrogen) atoms. The monoisotopic (exact) mass is 494 g/mol. The molecule has 8 heteroatoms. The van der Waals surface area contributed by atoms with Crippen molar-refractivity contribution in [2.75, 3.05) is 6.61 Å². The molecular formula is C27H30N2O5S. The Morgan fingerprint density at radius 3 is 2.57 bits per heavy atom. The topological polar surface area (TPSA) is 81.0 Å². The van der Waals surface area contributed by atoms with Crippen LogP contribution in [0.4, 0.5) is 0 Å². The van der Waals surface area contributed by atoms with Gasteiger partial charge in [-0.25, -0.2) is 0 Å². The number of nitrogens with zero attached hydrogens (tertiary/aromatic N) is 1. The van der Waals surface area contributed by atoms with Crippen LogP contribution in [0.5, 0.6) is 11.5 Å². The molecule has 3 heterocycles. The summed E-state index contributed by atoms with van der Waals surface area (Å²) in [4.78, 5) is 30.2. The Kier molecular flexibility index (Phi) is 7.08. The van der Waals surface area contributed by atoms with E-state index in [2.05, 4.69) is 5.32 Å². The van der Waals surface area contributed by atoms with Gasteiger partial charge in [-0.15, -0.1) is 11.3 Å². The van der Waals surface area contributed by atoms with Crippen molar-refractivity contribution in [3.05, 3.63) is 70.3 Å². The lowest BCUT2D eigenvalue weighted by Gasteiger charge is -2.35. The SMILES string of the molecule is Cc1ccc(C(C(=O)NC2CCCCC2)N(Cc2cccs2)C(=O)C2COc3ccccc3O2)o1. The quantitative estimate of drug-likeness (QED) is 0.500. The van der Waals surface area contributed by atoms with Gasteiger partial charge < -0.3 is 24.1 Å². The molecule has 5 rings (SSSR count). The molecule has 1 aliphatic carbocycles. The highest BCUT2D eigenvalue weighted by Gasteiger charge is 2.40. The van der Waals surface area contributed by atoms with E-state index < -0.39 is 12.1 Å². The average molecular weight is 495 g/mol. The zero-order valence-electron chi connectivity index (χ0n) is 19.8. The number of fused-ring (bicyclic) bond motifs is 1. The maximum atomic E-state index is 14.0. The fourth-order valence-corrected chi connectivity index (χ4v) is 5.45. The molecule has 0 radical (unpaired) electrons. The van der Waals surface area contributed by atoms with Crippen molar-refractivity contribution < 1.29 is 23.5 Å². The number of amides is 2. The highest BCUT2D eigenvalue weighted by molar-refractivity contribution is 7.09. The van der Waals surface area contributed by atoms with Crippen LogP contribution in [0.25, 0.3) is 0 Å². The zero-order valence-corrected chi connectivity index (χ0v) is 20.6. The molecule has 184 valence electrons. The summed E-state index contributed by atoms with van der Waals surface area (Å²) in [5, 5.41) is 5.16. The van der Waals surface area contributed by atoms with Crippen LogP contribution in [-0.4, -0.2) is 35.5 Å². The molecule has 7 nitrogen and oxygen atoms in total. The second-order valence-corrected chi connectivity index (χ2v) is 10.1. The Morgan fingerprint density at radius 1 is 1.06 bits per heavy atom. The van der Waals surface area contributed by atoms with Crippen molar-refractivity contribution in [2.45, 2.75) is 63.8 Å². The van der Waals surface area contributed by atoms with Gasteiger partial charge in [0.05, 0.1) is 6.54 Å². The molecule has 2 atom stereocenters. The number of hydrogen-bond acceptors (Lipinski definition) is 6. The van der Waals surface area contributed by atoms with Crippen molar-refractivity contribution in [1.82, 2.24) is 10.2 Å². The van der Waals surface area contributed by atoms with E-state index in [0.29, 0.717) is 23.0 Å². The van der Waals surface area contributed by atoms with Gasteiger partial charge >= 0.3 is 0 Å². The lowest BCUT2D eigenvalue weighted by atomic mass is 9.95. The first-order valence-corrected chi connectivity index (χ1v) is 13.0. The molecule has 1 N–H and O–H groups in total. The lowest BCUT2D eigenvalue weighted by molar-refractivity contribution is -0.150. The molecule has 0 saturated heterocycles. The van der Waals surface area contributed by atoms with E-state index in [1.807, 2.05) is 48.7 Å². The number of thiophene rings is 1. The second kappa shape index (κ2) is 10.6. The molecule has 1 fully saturated rings. The average Bonchev–Trinajstić information content (AvgIpc) is 3.55. The Bertz CT molecular complexity index is 1150. The minimum atomic E-state index is -0.916. The van der Waals surface area contributed by atoms with Gasteiger partial charge in [-0.2, -0.15) is 0 Å². The van der Waals surface area contributed by atoms with Gasteiger partial charge in [0.1, 0.15) is 18.1 Å². The van der Waals surface area contributed by atoms with E-state index in [-0.39, 0.29) is 31.0 Å². The summed E-state index contributed by atoms with van der Waals surface area (Å²) >= 11 is 1.54. The Balaban J connectivity index is 1.46. The summed E-state index contributed by atoms with van der Waals surface area (Å²) in [7, 11) is 0. The molecule has 2 amide bonds. The maximum absolute atomic E-state index is 14.0. The van der Waals surface area contributed by atoms with Gasteiger partial charge in [-0.3, -0.25) is 9.59 Å². The summed E-state index contributed by atoms with van der Waals surface area (Å²) in [6.07, 6.45) is 4.41. The van der Waals surface area contributed by atoms with Gasteiger partial charge in [-0.1, -0.05) is 37.5 Å². The first-order chi connectivity index (χ1) is 17.1. The number of para-hydroxylation sites is 2. The van der Waals surface area contributed by atoms with E-state index >= 15 is 0 Å². The van der Waals surface area contributed by atoms with Crippen LogP contribution >= 0.6 is 11.3 Å². The van der Waals surface area contributed by atoms with Gasteiger partial charge in [0, 0.05) is 10.9 Å². The molecule has 1 saturated carbocycles. The number of carbonyl (C=O) groups is 2. The number of rotatable bonds is 7. The van der Waals surface area contributed by atoms with Crippen LogP contribution in [-0.2, 0) is 16.1 Å². The standard InChI is InChI=1S/C27H30N2O5S/c1-18-13-14-23(33-18)25(26(30)28-19-8-3-2-4-9-19)29(16-20-10-7-15-35-20)27(31)24-17-32-21-11-5-6-12-22(21)34-24/h5-7,10-15,19,24-25H,2-4,8-9,16-17H2,1H3,(H,28,30). The largest absolute Gasteiger partial charge is 0.485 e. The Labute approximate surface area is 209 Å². The summed E-state index contributed by atoms with van der Waals surface area (Å²) < 4.78 is 17.8. The fraction of sp³-hybridized carbons (Fsp3) is 0.407. The van der Waals surface area contributed by atoms with Gasteiger partial charge in [0.2, 0.25) is 6.10 Å². The molecule has 2 unspecified atom stereocenters. The number of ether oxygens (including phenoxy) is 2. The van der Waals surface area contributed by atoms with Crippen LogP contribution in [0.3, 0.4) is 0 Å². The van der Waals surface area contributed by atoms with Crippen molar-refractivity contribution in [1.29, 1.82) is 0 Å². The van der Waals surface area contributed by atoms with Crippen LogP contribution in [0.15, 0.2) is 58.3 Å². The van der Waals surface area contributed by atoms with Crippen molar-refractivity contribution in [2.24, 2.45) is 0 Å². The molecule has 0 spiro atoms. The predicted octanol–water partition coefficient (Wildman–Crippen LogP) is 5.01. The number of aryl methyl sites for hydroxylation is 1. The number of carbonyl (C=O) groups excluding carboxylic acids is 2. The van der Waals surface area contributed by atoms with Crippen LogP contribution in [0, 0.1) is 6.92 Å². The maximum Gasteiger partial charge on any atom is 0.268 e. The minimum Gasteiger partial charge on any atom is -0.485 e. The molecule has 1 aromatic carbocycles. The van der Waals surface area contributed by atoms with Crippen molar-refractivity contribution in [3.8, 4) is 11.5 Å². The second-order valence-electron chi connectivity index (χ2n) is 9.10. The van der Waals surface area contributed by atoms with Crippen molar-refractivity contribution in [3.63, 3.8) is 0 Å². The number of benzene rings is 1. The van der Waals surface area contributed by atoms with Crippen LogP contribution in [0.2, 0.25) is 0 Å². The lowest BCUT2D eigenvalue weighted by Crippen LogP contribution is -2.51. The summed E-state index contributed by atoms with van der Waals surface area (Å²) in [6.45, 7) is 2.17. The van der Waals surface area contributed by atoms with Gasteiger partial charge in [0.25, 0.3) is 11.8 Å². The van der Waals surface area contributed by atoms with E-state index in [9.17, 15) is 9.59 Å². The molecule has 2 aliphatic rings. The zero-order chi connectivity index (χ0) is 24.2. The van der Waals surface area contributed by atoms with Gasteiger partial charge in [0.15, 0.2) is 17.5 Å². The molecule has 2 aromatic heterocycles. The highest BCUT2D eigenvalue weighted by Crippen LogP contribution is 2.34. The Hall–Kier alpha value is -3.26. The Morgan fingerprint density at radius 2 is 1.86 bits per heavy atom. The first-order valence-electron chi connectivity index (χ1n) is 12.2. The third-order valence-electron chi connectivity index (χ3n) is 6.52. The number of hydrogen-bond donors (Lipinski definition) is 1. The third-order valence-corrected chi connectivity index (χ3v) is 7.38. The third kappa shape index (κ3) is 5.37. The fourth-order valence-electron chi connectivity index (χ4n) is 4.74. The van der Waals surface area contributed by atoms with E-state index in [4.69, 9.17) is 13.9 Å². The minimum absolute atomic E-state index is 0.0743. The van der Waals surface area contributed by atoms with E-state index in [1.54, 1.807) is 28.4 Å². The predicted molar refractivity (Wildman–Crippen MR) is 132 cm³/mol. The van der Waals surface area contributed by atoms with Gasteiger partial charge in [-0.05, 0) is 55.5 Å². The first kappa shape index (κ1) is 23.5. The molecule has 3 aromatic rings. The molecular weight excluding hydrogens is 464 g/mol.